The largest absolute Gasteiger partial charge is 0.377 e. The van der Waals surface area contributed by atoms with Crippen LogP contribution in [0.25, 0.3) is 5.69 Å². The molecule has 1 aromatic heterocycles. The zero-order chi connectivity index (χ0) is 18.2. The molecule has 3 rings (SSSR count). The van der Waals surface area contributed by atoms with Crippen molar-refractivity contribution in [1.29, 1.82) is 0 Å². The second-order valence-electron chi connectivity index (χ2n) is 6.35. The van der Waals surface area contributed by atoms with Crippen molar-refractivity contribution >= 4 is 5.96 Å². The Morgan fingerprint density at radius 3 is 3.04 bits per heavy atom. The molecule has 138 valence electrons. The van der Waals surface area contributed by atoms with Crippen molar-refractivity contribution in [2.45, 2.75) is 25.8 Å². The van der Waals surface area contributed by atoms with Crippen molar-refractivity contribution in [2.24, 2.45) is 4.99 Å². The summed E-state index contributed by atoms with van der Waals surface area (Å²) in [6.07, 6.45) is 7.97. The van der Waals surface area contributed by atoms with Crippen LogP contribution in [0.4, 0.5) is 0 Å². The molecular formula is C20H27N5O. The highest BCUT2D eigenvalue weighted by atomic mass is 16.5. The van der Waals surface area contributed by atoms with E-state index in [4.69, 9.17) is 4.74 Å². The number of hydrogen-bond acceptors (Lipinski definition) is 3. The van der Waals surface area contributed by atoms with Gasteiger partial charge in [0.25, 0.3) is 0 Å². The van der Waals surface area contributed by atoms with Crippen LogP contribution in [0.15, 0.2) is 59.4 Å². The molecule has 2 heterocycles. The molecule has 0 fully saturated rings. The van der Waals surface area contributed by atoms with Crippen LogP contribution < -0.4 is 10.6 Å². The Kier molecular flexibility index (Phi) is 6.44. The summed E-state index contributed by atoms with van der Waals surface area (Å²) in [5.41, 5.74) is 3.70. The number of aromatic nitrogens is 2. The topological polar surface area (TPSA) is 63.5 Å². The average Bonchev–Trinajstić information content (AvgIpc) is 3.23. The molecule has 1 atom stereocenters. The first-order valence-corrected chi connectivity index (χ1v) is 9.09. The van der Waals surface area contributed by atoms with Crippen molar-refractivity contribution in [3.8, 4) is 5.69 Å². The van der Waals surface area contributed by atoms with Gasteiger partial charge in [0.1, 0.15) is 0 Å². The molecule has 0 saturated heterocycles. The summed E-state index contributed by atoms with van der Waals surface area (Å²) < 4.78 is 7.21. The second kappa shape index (κ2) is 9.20. The van der Waals surface area contributed by atoms with Crippen LogP contribution in [0, 0.1) is 0 Å². The van der Waals surface area contributed by atoms with E-state index in [-0.39, 0.29) is 6.04 Å². The Morgan fingerprint density at radius 1 is 1.38 bits per heavy atom. The maximum absolute atomic E-state index is 5.35. The van der Waals surface area contributed by atoms with Crippen LogP contribution in [0.2, 0.25) is 0 Å². The molecule has 0 saturated carbocycles. The van der Waals surface area contributed by atoms with Crippen LogP contribution in [-0.4, -0.2) is 42.5 Å². The van der Waals surface area contributed by atoms with Gasteiger partial charge in [0.05, 0.1) is 24.9 Å². The highest BCUT2D eigenvalue weighted by molar-refractivity contribution is 5.80. The van der Waals surface area contributed by atoms with E-state index in [9.17, 15) is 0 Å². The third kappa shape index (κ3) is 4.95. The monoisotopic (exact) mass is 353 g/mol. The van der Waals surface area contributed by atoms with E-state index in [1.807, 2.05) is 16.9 Å². The summed E-state index contributed by atoms with van der Waals surface area (Å²) in [5, 5.41) is 11.2. The van der Waals surface area contributed by atoms with Crippen molar-refractivity contribution < 1.29 is 4.74 Å². The lowest BCUT2D eigenvalue weighted by Crippen LogP contribution is -2.39. The summed E-state index contributed by atoms with van der Waals surface area (Å²) in [7, 11) is 1.80. The average molecular weight is 353 g/mol. The lowest BCUT2D eigenvalue weighted by molar-refractivity contribution is 0.153. The Morgan fingerprint density at radius 2 is 2.31 bits per heavy atom. The minimum Gasteiger partial charge on any atom is -0.377 e. The first kappa shape index (κ1) is 18.2. The fourth-order valence-electron chi connectivity index (χ4n) is 2.98. The molecule has 1 aromatic carbocycles. The van der Waals surface area contributed by atoms with Gasteiger partial charge in [0, 0.05) is 26.0 Å². The normalized spacial score (nSPS) is 16.1. The summed E-state index contributed by atoms with van der Waals surface area (Å²) in [6.45, 7) is 4.58. The molecule has 6 nitrogen and oxygen atoms in total. The maximum Gasteiger partial charge on any atom is 0.191 e. The van der Waals surface area contributed by atoms with E-state index in [2.05, 4.69) is 58.0 Å². The SMILES string of the molecule is CN=C(NCCC1=CCOCC1)NC(C)c1cccc(-n2cccn2)c1. The highest BCUT2D eigenvalue weighted by Crippen LogP contribution is 2.16. The molecule has 0 aliphatic carbocycles. The minimum absolute atomic E-state index is 0.138. The van der Waals surface area contributed by atoms with Gasteiger partial charge in [0.15, 0.2) is 5.96 Å². The molecule has 0 spiro atoms. The zero-order valence-corrected chi connectivity index (χ0v) is 15.5. The third-order valence-electron chi connectivity index (χ3n) is 4.51. The van der Waals surface area contributed by atoms with Crippen LogP contribution in [0.5, 0.6) is 0 Å². The highest BCUT2D eigenvalue weighted by Gasteiger charge is 2.10. The molecule has 6 heteroatoms. The molecule has 26 heavy (non-hydrogen) atoms. The fraction of sp³-hybridized carbons (Fsp3) is 0.400. The number of benzene rings is 1. The second-order valence-corrected chi connectivity index (χ2v) is 6.35. The Hall–Kier alpha value is -2.60. The van der Waals surface area contributed by atoms with Crippen molar-refractivity contribution in [3.63, 3.8) is 0 Å². The number of rotatable bonds is 6. The van der Waals surface area contributed by atoms with Gasteiger partial charge in [-0.15, -0.1) is 0 Å². The molecular weight excluding hydrogens is 326 g/mol. The van der Waals surface area contributed by atoms with Crippen molar-refractivity contribution in [2.75, 3.05) is 26.8 Å². The molecule has 1 unspecified atom stereocenters. The smallest absolute Gasteiger partial charge is 0.191 e. The number of ether oxygens (including phenoxy) is 1. The summed E-state index contributed by atoms with van der Waals surface area (Å²) in [6, 6.07) is 10.4. The fourth-order valence-corrected chi connectivity index (χ4v) is 2.98. The van der Waals surface area contributed by atoms with E-state index in [1.165, 1.54) is 11.1 Å². The first-order chi connectivity index (χ1) is 12.8. The zero-order valence-electron chi connectivity index (χ0n) is 15.5. The minimum atomic E-state index is 0.138. The van der Waals surface area contributed by atoms with Gasteiger partial charge in [-0.1, -0.05) is 23.8 Å². The van der Waals surface area contributed by atoms with E-state index in [0.29, 0.717) is 0 Å². The Labute approximate surface area is 155 Å². The first-order valence-electron chi connectivity index (χ1n) is 9.09. The number of nitrogens with zero attached hydrogens (tertiary/aromatic N) is 3. The van der Waals surface area contributed by atoms with Gasteiger partial charge in [-0.2, -0.15) is 5.10 Å². The molecule has 1 aliphatic rings. The van der Waals surface area contributed by atoms with Crippen LogP contribution in [0.3, 0.4) is 0 Å². The van der Waals surface area contributed by atoms with Gasteiger partial charge >= 0.3 is 0 Å². The van der Waals surface area contributed by atoms with Crippen molar-refractivity contribution in [3.05, 3.63) is 59.9 Å². The molecule has 2 aromatic rings. The van der Waals surface area contributed by atoms with Gasteiger partial charge in [0.2, 0.25) is 0 Å². The Bertz CT molecular complexity index is 751. The molecule has 0 amide bonds. The lowest BCUT2D eigenvalue weighted by Gasteiger charge is -2.20. The van der Waals surface area contributed by atoms with Gasteiger partial charge in [-0.05, 0) is 43.5 Å². The van der Waals surface area contributed by atoms with Crippen molar-refractivity contribution in [1.82, 2.24) is 20.4 Å². The maximum atomic E-state index is 5.35. The Balaban J connectivity index is 1.54. The van der Waals surface area contributed by atoms with Crippen LogP contribution in [0.1, 0.15) is 31.4 Å². The molecule has 0 radical (unpaired) electrons. The standard InChI is InChI=1S/C20H27N5O/c1-16(18-5-3-6-19(15-18)25-12-4-10-23-25)24-20(21-2)22-11-7-17-8-13-26-14-9-17/h3-6,8,10,12,15-16H,7,9,11,13-14H2,1-2H3,(H2,21,22,24). The molecule has 0 bridgehead atoms. The third-order valence-corrected chi connectivity index (χ3v) is 4.51. The van der Waals surface area contributed by atoms with E-state index < -0.39 is 0 Å². The van der Waals surface area contributed by atoms with Gasteiger partial charge < -0.3 is 15.4 Å². The summed E-state index contributed by atoms with van der Waals surface area (Å²) in [5.74, 6) is 0.814. The van der Waals surface area contributed by atoms with Crippen LogP contribution in [-0.2, 0) is 4.74 Å². The van der Waals surface area contributed by atoms with Gasteiger partial charge in [-0.25, -0.2) is 4.68 Å². The molecule has 2 N–H and O–H groups in total. The van der Waals surface area contributed by atoms with E-state index in [1.54, 1.807) is 13.2 Å². The number of guanidine groups is 1. The number of hydrogen-bond donors (Lipinski definition) is 2. The van der Waals surface area contributed by atoms with Gasteiger partial charge in [-0.3, -0.25) is 4.99 Å². The van der Waals surface area contributed by atoms with E-state index in [0.717, 1.165) is 44.2 Å². The van der Waals surface area contributed by atoms with Crippen LogP contribution >= 0.6 is 0 Å². The molecule has 1 aliphatic heterocycles. The quantitative estimate of drug-likeness (QED) is 0.476. The predicted octanol–water partition coefficient (Wildman–Crippen LogP) is 2.84. The predicted molar refractivity (Wildman–Crippen MR) is 105 cm³/mol. The summed E-state index contributed by atoms with van der Waals surface area (Å²) >= 11 is 0. The van der Waals surface area contributed by atoms with E-state index >= 15 is 0 Å². The lowest BCUT2D eigenvalue weighted by atomic mass is 10.1. The number of nitrogens with one attached hydrogen (secondary N) is 2. The summed E-state index contributed by atoms with van der Waals surface area (Å²) in [4.78, 5) is 4.34. The number of aliphatic imine (C=N–C) groups is 1.